The number of rotatable bonds is 2. The molecule has 0 bridgehead atoms. The van der Waals surface area contributed by atoms with Gasteiger partial charge in [-0.05, 0) is 70.3 Å². The van der Waals surface area contributed by atoms with Gasteiger partial charge < -0.3 is 9.64 Å². The third-order valence-corrected chi connectivity index (χ3v) is 7.59. The maximum absolute atomic E-state index is 5.37. The summed E-state index contributed by atoms with van der Waals surface area (Å²) in [6, 6.07) is 1.79. The molecule has 0 unspecified atom stereocenters. The lowest BCUT2D eigenvalue weighted by molar-refractivity contribution is 0.00559. The van der Waals surface area contributed by atoms with Crippen molar-refractivity contribution in [2.24, 2.45) is 11.8 Å². The minimum atomic E-state index is 0.875. The standard InChI is InChI=1S/C12H24N2.C11H21NO.2C2H6/c1-11-3-5-12(6-4-11)14-9-7-13(2)8-10-14;1-10-2-4-11(5-3-10)12-6-8-13-9-7-12;2*1-2/h11-12H,3-10H2,1-2H3;10-11H,2-9H2,1H3;2*1-2H3. The number of nitrogens with zero attached hydrogens (tertiary/aromatic N) is 3. The molecule has 4 fully saturated rings. The van der Waals surface area contributed by atoms with Crippen molar-refractivity contribution in [2.75, 3.05) is 59.5 Å². The smallest absolute Gasteiger partial charge is 0.0594 e. The third-order valence-electron chi connectivity index (χ3n) is 7.59. The van der Waals surface area contributed by atoms with Crippen molar-refractivity contribution in [3.8, 4) is 0 Å². The lowest BCUT2D eigenvalue weighted by Gasteiger charge is -2.40. The van der Waals surface area contributed by atoms with Gasteiger partial charge in [-0.25, -0.2) is 0 Å². The normalized spacial score (nSPS) is 33.0. The van der Waals surface area contributed by atoms with Crippen molar-refractivity contribution >= 4 is 0 Å². The number of likely N-dealkylation sites (N-methyl/N-ethyl adjacent to an activating group) is 1. The fraction of sp³-hybridized carbons (Fsp3) is 1.00. The average Bonchev–Trinajstić information content (AvgIpc) is 2.84. The summed E-state index contributed by atoms with van der Waals surface area (Å²) in [6.45, 7) is 22.2. The van der Waals surface area contributed by atoms with Gasteiger partial charge in [-0.15, -0.1) is 0 Å². The summed E-state index contributed by atoms with van der Waals surface area (Å²) in [4.78, 5) is 7.81. The third kappa shape index (κ3) is 11.0. The highest BCUT2D eigenvalue weighted by molar-refractivity contribution is 4.82. The number of piperazine rings is 1. The molecule has 2 aliphatic heterocycles. The maximum Gasteiger partial charge on any atom is 0.0594 e. The van der Waals surface area contributed by atoms with E-state index in [1.165, 1.54) is 90.6 Å². The van der Waals surface area contributed by atoms with E-state index in [4.69, 9.17) is 4.74 Å². The van der Waals surface area contributed by atoms with Crippen LogP contribution in [0, 0.1) is 11.8 Å². The Labute approximate surface area is 196 Å². The van der Waals surface area contributed by atoms with Crippen LogP contribution >= 0.6 is 0 Å². The van der Waals surface area contributed by atoms with Crippen molar-refractivity contribution < 1.29 is 4.74 Å². The van der Waals surface area contributed by atoms with E-state index in [9.17, 15) is 0 Å². The molecule has 0 aromatic carbocycles. The molecule has 4 nitrogen and oxygen atoms in total. The molecule has 0 atom stereocenters. The van der Waals surface area contributed by atoms with Crippen molar-refractivity contribution in [1.29, 1.82) is 0 Å². The van der Waals surface area contributed by atoms with Crippen LogP contribution in [0.4, 0.5) is 0 Å². The van der Waals surface area contributed by atoms with Crippen LogP contribution < -0.4 is 0 Å². The van der Waals surface area contributed by atoms with Crippen molar-refractivity contribution in [3.63, 3.8) is 0 Å². The molecule has 2 heterocycles. The van der Waals surface area contributed by atoms with Crippen molar-refractivity contribution in [3.05, 3.63) is 0 Å². The molecule has 2 aliphatic carbocycles. The van der Waals surface area contributed by atoms with Gasteiger partial charge in [0.1, 0.15) is 0 Å². The van der Waals surface area contributed by atoms with E-state index in [1.54, 1.807) is 0 Å². The van der Waals surface area contributed by atoms with Gasteiger partial charge in [0.2, 0.25) is 0 Å². The molecule has 4 aliphatic rings. The molecule has 0 radical (unpaired) electrons. The minimum absolute atomic E-state index is 0.875. The zero-order chi connectivity index (χ0) is 23.1. The fourth-order valence-electron chi connectivity index (χ4n) is 5.34. The van der Waals surface area contributed by atoms with Crippen LogP contribution in [0.15, 0.2) is 0 Å². The first-order valence-corrected chi connectivity index (χ1v) is 13.9. The van der Waals surface area contributed by atoms with Crippen LogP contribution in [0.3, 0.4) is 0 Å². The van der Waals surface area contributed by atoms with E-state index in [1.807, 2.05) is 27.7 Å². The second-order valence-corrected chi connectivity index (χ2v) is 9.81. The van der Waals surface area contributed by atoms with E-state index in [0.717, 1.165) is 37.1 Å². The first kappa shape index (κ1) is 28.9. The predicted octanol–water partition coefficient (Wildman–Crippen LogP) is 5.76. The lowest BCUT2D eigenvalue weighted by Crippen LogP contribution is -2.49. The first-order valence-electron chi connectivity index (χ1n) is 13.9. The highest BCUT2D eigenvalue weighted by Gasteiger charge is 2.26. The van der Waals surface area contributed by atoms with Crippen LogP contribution in [0.1, 0.15) is 92.9 Å². The summed E-state index contributed by atoms with van der Waals surface area (Å²) in [5.41, 5.74) is 0. The van der Waals surface area contributed by atoms with E-state index in [-0.39, 0.29) is 0 Å². The Morgan fingerprint density at radius 2 is 0.871 bits per heavy atom. The SMILES string of the molecule is CC.CC.CC1CCC(N2CCN(C)CC2)CC1.CC1CCC(N2CCOCC2)CC1. The summed E-state index contributed by atoms with van der Waals surface area (Å²) >= 11 is 0. The Morgan fingerprint density at radius 1 is 0.516 bits per heavy atom. The molecule has 4 rings (SSSR count). The van der Waals surface area contributed by atoms with Gasteiger partial charge in [-0.3, -0.25) is 9.80 Å². The predicted molar refractivity (Wildman–Crippen MR) is 137 cm³/mol. The molecule has 186 valence electrons. The van der Waals surface area contributed by atoms with Gasteiger partial charge in [0.25, 0.3) is 0 Å². The van der Waals surface area contributed by atoms with Crippen LogP contribution in [0.2, 0.25) is 0 Å². The number of ether oxygens (including phenoxy) is 1. The van der Waals surface area contributed by atoms with E-state index in [2.05, 4.69) is 35.6 Å². The van der Waals surface area contributed by atoms with E-state index >= 15 is 0 Å². The van der Waals surface area contributed by atoms with Crippen LogP contribution in [0.5, 0.6) is 0 Å². The molecule has 31 heavy (non-hydrogen) atoms. The summed E-state index contributed by atoms with van der Waals surface area (Å²) in [6.07, 6.45) is 11.5. The second kappa shape index (κ2) is 17.3. The van der Waals surface area contributed by atoms with Gasteiger partial charge in [-0.2, -0.15) is 0 Å². The molecule has 0 spiro atoms. The van der Waals surface area contributed by atoms with E-state index in [0.29, 0.717) is 0 Å². The Bertz CT molecular complexity index is 369. The highest BCUT2D eigenvalue weighted by Crippen LogP contribution is 2.28. The number of morpholine rings is 1. The number of hydrogen-bond donors (Lipinski definition) is 0. The van der Waals surface area contributed by atoms with Gasteiger partial charge >= 0.3 is 0 Å². The summed E-state index contributed by atoms with van der Waals surface area (Å²) in [7, 11) is 2.24. The molecule has 2 saturated carbocycles. The van der Waals surface area contributed by atoms with Gasteiger partial charge in [-0.1, -0.05) is 41.5 Å². The molecule has 0 aromatic rings. The molecule has 0 N–H and O–H groups in total. The first-order chi connectivity index (χ1) is 15.1. The van der Waals surface area contributed by atoms with Crippen LogP contribution in [0.25, 0.3) is 0 Å². The molecule has 4 heteroatoms. The van der Waals surface area contributed by atoms with Gasteiger partial charge in [0.05, 0.1) is 13.2 Å². The Balaban J connectivity index is 0.000000268. The topological polar surface area (TPSA) is 19.0 Å². The second-order valence-electron chi connectivity index (χ2n) is 9.81. The summed E-state index contributed by atoms with van der Waals surface area (Å²) < 4.78 is 5.37. The van der Waals surface area contributed by atoms with Crippen LogP contribution in [-0.2, 0) is 4.74 Å². The zero-order valence-corrected chi connectivity index (χ0v) is 22.4. The molecular weight excluding hydrogens is 382 g/mol. The molecule has 2 saturated heterocycles. The number of hydrogen-bond acceptors (Lipinski definition) is 4. The van der Waals surface area contributed by atoms with Crippen molar-refractivity contribution in [2.45, 2.75) is 105 Å². The van der Waals surface area contributed by atoms with Gasteiger partial charge in [0, 0.05) is 51.4 Å². The Morgan fingerprint density at radius 3 is 1.26 bits per heavy atom. The monoisotopic (exact) mass is 439 g/mol. The quantitative estimate of drug-likeness (QED) is 0.544. The minimum Gasteiger partial charge on any atom is -0.379 e. The van der Waals surface area contributed by atoms with E-state index < -0.39 is 0 Å². The Kier molecular flexibility index (Phi) is 16.1. The molecular formula is C27H57N3O. The maximum atomic E-state index is 5.37. The van der Waals surface area contributed by atoms with Crippen molar-refractivity contribution in [1.82, 2.24) is 14.7 Å². The highest BCUT2D eigenvalue weighted by atomic mass is 16.5. The summed E-state index contributed by atoms with van der Waals surface area (Å²) in [5.74, 6) is 1.95. The Hall–Kier alpha value is -0.160. The lowest BCUT2D eigenvalue weighted by atomic mass is 9.86. The largest absolute Gasteiger partial charge is 0.379 e. The average molecular weight is 440 g/mol. The summed E-state index contributed by atoms with van der Waals surface area (Å²) in [5, 5.41) is 0. The van der Waals surface area contributed by atoms with Crippen LogP contribution in [-0.4, -0.2) is 86.3 Å². The fourth-order valence-corrected chi connectivity index (χ4v) is 5.34. The zero-order valence-electron chi connectivity index (χ0n) is 22.4. The molecule has 0 aromatic heterocycles. The molecule has 0 amide bonds. The van der Waals surface area contributed by atoms with Gasteiger partial charge in [0.15, 0.2) is 0 Å².